The Kier molecular flexibility index (Phi) is 3.69. The number of carbonyl (C=O) groups is 1. The Morgan fingerprint density at radius 3 is 2.67 bits per heavy atom. The van der Waals surface area contributed by atoms with Crippen molar-refractivity contribution in [2.45, 2.75) is 12.8 Å². The SMILES string of the molecule is N#CC1CCN(C(=O)c2cc(-c3ccccc3)on2)CC1. The van der Waals surface area contributed by atoms with E-state index < -0.39 is 0 Å². The Bertz CT molecular complexity index is 664. The highest BCUT2D eigenvalue weighted by Gasteiger charge is 2.25. The fourth-order valence-corrected chi connectivity index (χ4v) is 2.49. The fourth-order valence-electron chi connectivity index (χ4n) is 2.49. The second-order valence-electron chi connectivity index (χ2n) is 5.14. The Labute approximate surface area is 122 Å². The maximum absolute atomic E-state index is 12.4. The third-order valence-corrected chi connectivity index (χ3v) is 3.75. The average Bonchev–Trinajstić information content (AvgIpc) is 3.05. The minimum absolute atomic E-state index is 0.0613. The Morgan fingerprint density at radius 1 is 1.29 bits per heavy atom. The van der Waals surface area contributed by atoms with Gasteiger partial charge >= 0.3 is 0 Å². The molecule has 1 amide bonds. The Morgan fingerprint density at radius 2 is 2.00 bits per heavy atom. The van der Waals surface area contributed by atoms with Gasteiger partial charge in [-0.15, -0.1) is 0 Å². The van der Waals surface area contributed by atoms with Crippen LogP contribution in [0.3, 0.4) is 0 Å². The van der Waals surface area contributed by atoms with E-state index in [0.29, 0.717) is 24.5 Å². The predicted molar refractivity (Wildman–Crippen MR) is 76.2 cm³/mol. The van der Waals surface area contributed by atoms with Gasteiger partial charge in [-0.2, -0.15) is 5.26 Å². The molecule has 0 bridgehead atoms. The summed E-state index contributed by atoms with van der Waals surface area (Å²) in [7, 11) is 0. The van der Waals surface area contributed by atoms with Gasteiger partial charge in [-0.1, -0.05) is 35.5 Å². The van der Waals surface area contributed by atoms with Crippen LogP contribution in [-0.2, 0) is 0 Å². The second-order valence-corrected chi connectivity index (χ2v) is 5.14. The molecule has 5 nitrogen and oxygen atoms in total. The van der Waals surface area contributed by atoms with E-state index >= 15 is 0 Å². The van der Waals surface area contributed by atoms with Crippen molar-refractivity contribution < 1.29 is 9.32 Å². The summed E-state index contributed by atoms with van der Waals surface area (Å²) in [6, 6.07) is 13.5. The third-order valence-electron chi connectivity index (χ3n) is 3.75. The first kappa shape index (κ1) is 13.4. The number of nitriles is 1. The van der Waals surface area contributed by atoms with Gasteiger partial charge in [0.1, 0.15) is 0 Å². The first-order chi connectivity index (χ1) is 10.3. The van der Waals surface area contributed by atoms with Crippen molar-refractivity contribution in [2.75, 3.05) is 13.1 Å². The minimum atomic E-state index is -0.127. The standard InChI is InChI=1S/C16H15N3O2/c17-11-12-6-8-19(9-7-12)16(20)14-10-15(21-18-14)13-4-2-1-3-5-13/h1-5,10,12H,6-9H2. The molecule has 0 atom stereocenters. The molecular formula is C16H15N3O2. The summed E-state index contributed by atoms with van der Waals surface area (Å²) in [5.41, 5.74) is 1.22. The molecule has 1 fully saturated rings. The number of hydrogen-bond donors (Lipinski definition) is 0. The van der Waals surface area contributed by atoms with E-state index in [2.05, 4.69) is 11.2 Å². The normalized spacial score (nSPS) is 15.7. The predicted octanol–water partition coefficient (Wildman–Crippen LogP) is 2.72. The van der Waals surface area contributed by atoms with Crippen LogP contribution in [0.5, 0.6) is 0 Å². The Balaban J connectivity index is 1.72. The number of amides is 1. The van der Waals surface area contributed by atoms with Gasteiger partial charge in [-0.25, -0.2) is 0 Å². The summed E-state index contributed by atoms with van der Waals surface area (Å²) in [6.07, 6.45) is 1.46. The number of benzene rings is 1. The Hall–Kier alpha value is -2.61. The van der Waals surface area contributed by atoms with E-state index in [-0.39, 0.29) is 11.8 Å². The lowest BCUT2D eigenvalue weighted by molar-refractivity contribution is 0.0697. The maximum atomic E-state index is 12.4. The molecule has 0 unspecified atom stereocenters. The van der Waals surface area contributed by atoms with Crippen LogP contribution in [0.15, 0.2) is 40.9 Å². The molecule has 0 aliphatic carbocycles. The van der Waals surface area contributed by atoms with E-state index in [1.807, 2.05) is 30.3 Å². The molecule has 0 spiro atoms. The topological polar surface area (TPSA) is 70.1 Å². The van der Waals surface area contributed by atoms with Crippen LogP contribution in [-0.4, -0.2) is 29.1 Å². The maximum Gasteiger partial charge on any atom is 0.276 e. The number of hydrogen-bond acceptors (Lipinski definition) is 4. The van der Waals surface area contributed by atoms with Gasteiger partial charge in [0.15, 0.2) is 11.5 Å². The highest BCUT2D eigenvalue weighted by molar-refractivity contribution is 5.93. The molecule has 0 N–H and O–H groups in total. The molecule has 1 aromatic heterocycles. The van der Waals surface area contributed by atoms with Crippen LogP contribution in [0.25, 0.3) is 11.3 Å². The van der Waals surface area contributed by atoms with Crippen LogP contribution in [0, 0.1) is 17.2 Å². The number of aromatic nitrogens is 1. The van der Waals surface area contributed by atoms with Crippen molar-refractivity contribution in [3.63, 3.8) is 0 Å². The van der Waals surface area contributed by atoms with Crippen molar-refractivity contribution in [2.24, 2.45) is 5.92 Å². The summed E-state index contributed by atoms with van der Waals surface area (Å²) in [4.78, 5) is 14.1. The van der Waals surface area contributed by atoms with E-state index in [1.54, 1.807) is 11.0 Å². The third kappa shape index (κ3) is 2.79. The van der Waals surface area contributed by atoms with E-state index in [9.17, 15) is 4.79 Å². The summed E-state index contributed by atoms with van der Waals surface area (Å²) < 4.78 is 5.26. The van der Waals surface area contributed by atoms with E-state index in [0.717, 1.165) is 18.4 Å². The highest BCUT2D eigenvalue weighted by Crippen LogP contribution is 2.22. The fraction of sp³-hybridized carbons (Fsp3) is 0.312. The van der Waals surface area contributed by atoms with Crippen LogP contribution in [0.1, 0.15) is 23.3 Å². The zero-order valence-corrected chi connectivity index (χ0v) is 11.5. The van der Waals surface area contributed by atoms with Gasteiger partial charge in [0.25, 0.3) is 5.91 Å². The van der Waals surface area contributed by atoms with Gasteiger partial charge in [-0.05, 0) is 12.8 Å². The molecule has 1 aliphatic rings. The van der Waals surface area contributed by atoms with E-state index in [4.69, 9.17) is 9.78 Å². The molecule has 2 heterocycles. The summed E-state index contributed by atoms with van der Waals surface area (Å²) >= 11 is 0. The molecule has 2 aromatic rings. The molecule has 5 heteroatoms. The lowest BCUT2D eigenvalue weighted by Gasteiger charge is -2.28. The lowest BCUT2D eigenvalue weighted by atomic mass is 9.98. The van der Waals surface area contributed by atoms with Gasteiger partial charge < -0.3 is 9.42 Å². The molecule has 0 radical (unpaired) electrons. The number of carbonyl (C=O) groups excluding carboxylic acids is 1. The molecule has 21 heavy (non-hydrogen) atoms. The van der Waals surface area contributed by atoms with Crippen molar-refractivity contribution in [3.8, 4) is 17.4 Å². The van der Waals surface area contributed by atoms with Crippen LogP contribution >= 0.6 is 0 Å². The molecule has 0 saturated carbocycles. The lowest BCUT2D eigenvalue weighted by Crippen LogP contribution is -2.38. The zero-order chi connectivity index (χ0) is 14.7. The molecule has 1 aromatic carbocycles. The van der Waals surface area contributed by atoms with Crippen LogP contribution in [0.2, 0.25) is 0 Å². The molecule has 1 aliphatic heterocycles. The molecule has 1 saturated heterocycles. The summed E-state index contributed by atoms with van der Waals surface area (Å²) in [5.74, 6) is 0.523. The van der Waals surface area contributed by atoms with Gasteiger partial charge in [0.05, 0.1) is 6.07 Å². The highest BCUT2D eigenvalue weighted by atomic mass is 16.5. The van der Waals surface area contributed by atoms with Crippen molar-refractivity contribution in [1.29, 1.82) is 5.26 Å². The number of nitrogens with zero attached hydrogens (tertiary/aromatic N) is 3. The van der Waals surface area contributed by atoms with Crippen molar-refractivity contribution in [1.82, 2.24) is 10.1 Å². The van der Waals surface area contributed by atoms with Crippen molar-refractivity contribution >= 4 is 5.91 Å². The smallest absolute Gasteiger partial charge is 0.276 e. The summed E-state index contributed by atoms with van der Waals surface area (Å²) in [5, 5.41) is 12.8. The van der Waals surface area contributed by atoms with Gasteiger partial charge in [0, 0.05) is 30.6 Å². The van der Waals surface area contributed by atoms with Crippen LogP contribution < -0.4 is 0 Å². The first-order valence-electron chi connectivity index (χ1n) is 6.99. The van der Waals surface area contributed by atoms with Crippen molar-refractivity contribution in [3.05, 3.63) is 42.1 Å². The summed E-state index contributed by atoms with van der Waals surface area (Å²) in [6.45, 7) is 1.20. The molecular weight excluding hydrogens is 266 g/mol. The average molecular weight is 281 g/mol. The first-order valence-corrected chi connectivity index (χ1v) is 6.99. The largest absolute Gasteiger partial charge is 0.355 e. The number of piperidine rings is 1. The molecule has 3 rings (SSSR count). The van der Waals surface area contributed by atoms with Gasteiger partial charge in [-0.3, -0.25) is 4.79 Å². The molecule has 106 valence electrons. The minimum Gasteiger partial charge on any atom is -0.355 e. The second kappa shape index (κ2) is 5.80. The quantitative estimate of drug-likeness (QED) is 0.848. The number of likely N-dealkylation sites (tertiary alicyclic amines) is 1. The van der Waals surface area contributed by atoms with Gasteiger partial charge in [0.2, 0.25) is 0 Å². The number of rotatable bonds is 2. The van der Waals surface area contributed by atoms with Crippen LogP contribution in [0.4, 0.5) is 0 Å². The van der Waals surface area contributed by atoms with E-state index in [1.165, 1.54) is 0 Å². The zero-order valence-electron chi connectivity index (χ0n) is 11.5. The monoisotopic (exact) mass is 281 g/mol.